The predicted molar refractivity (Wildman–Crippen MR) is 148 cm³/mol. The number of pyridine rings is 1. The van der Waals surface area contributed by atoms with E-state index in [0.717, 1.165) is 41.2 Å². The Morgan fingerprint density at radius 2 is 2.00 bits per heavy atom. The van der Waals surface area contributed by atoms with Crippen LogP contribution < -0.4 is 16.0 Å². The molecule has 0 bridgehead atoms. The normalized spacial score (nSPS) is 15.2. The third-order valence-corrected chi connectivity index (χ3v) is 6.64. The van der Waals surface area contributed by atoms with Gasteiger partial charge in [0, 0.05) is 23.5 Å². The van der Waals surface area contributed by atoms with Crippen LogP contribution in [0.25, 0.3) is 11.0 Å². The molecule has 38 heavy (non-hydrogen) atoms. The molecule has 1 aliphatic rings. The summed E-state index contributed by atoms with van der Waals surface area (Å²) in [6.45, 7) is 7.04. The molecule has 3 N–H and O–H groups in total. The number of carbonyl (C=O) groups is 1. The minimum Gasteiger partial charge on any atom is -0.379 e. The maximum Gasteiger partial charge on any atom is 0.255 e. The third-order valence-electron chi connectivity index (χ3n) is 6.64. The van der Waals surface area contributed by atoms with Crippen LogP contribution in [0.15, 0.2) is 60.9 Å². The van der Waals surface area contributed by atoms with Crippen molar-refractivity contribution in [3.63, 3.8) is 0 Å². The van der Waals surface area contributed by atoms with E-state index in [2.05, 4.69) is 32.0 Å². The van der Waals surface area contributed by atoms with Crippen LogP contribution in [0.3, 0.4) is 0 Å². The summed E-state index contributed by atoms with van der Waals surface area (Å²) in [5, 5.41) is 19.2. The van der Waals surface area contributed by atoms with Gasteiger partial charge in [-0.3, -0.25) is 4.79 Å². The number of ether oxygens (including phenoxy) is 1. The molecule has 1 aliphatic heterocycles. The van der Waals surface area contributed by atoms with Gasteiger partial charge in [0.15, 0.2) is 5.82 Å². The average molecular weight is 508 g/mol. The van der Waals surface area contributed by atoms with Gasteiger partial charge in [0.25, 0.3) is 5.91 Å². The van der Waals surface area contributed by atoms with Gasteiger partial charge in [0.1, 0.15) is 17.7 Å². The van der Waals surface area contributed by atoms with Crippen LogP contribution in [0.4, 0.5) is 23.0 Å². The standard InChI is InChI=1S/C29H29N7O2/c1-18-7-8-21(34-28(37)19-5-4-6-20(13-19)29(2,3)16-30)14-24(18)35-27-26-23(31-17-32-27)9-10-25(36-26)33-22-11-12-38-15-22/h4-10,13-14,17,22H,11-12,15H2,1-3H3,(H,33,36)(H,34,37)(H,31,32,35). The lowest BCUT2D eigenvalue weighted by Gasteiger charge is -2.17. The fourth-order valence-corrected chi connectivity index (χ4v) is 4.25. The molecule has 9 heteroatoms. The number of aryl methyl sites for hydroxylation is 1. The van der Waals surface area contributed by atoms with Crippen molar-refractivity contribution in [1.82, 2.24) is 15.0 Å². The number of amides is 1. The second-order valence-corrected chi connectivity index (χ2v) is 9.92. The summed E-state index contributed by atoms with van der Waals surface area (Å²) in [6.07, 6.45) is 2.44. The molecular weight excluding hydrogens is 478 g/mol. The number of nitriles is 1. The molecule has 0 saturated carbocycles. The predicted octanol–water partition coefficient (Wildman–Crippen LogP) is 5.33. The Balaban J connectivity index is 1.38. The Morgan fingerprint density at radius 1 is 1.13 bits per heavy atom. The number of hydrogen-bond donors (Lipinski definition) is 3. The average Bonchev–Trinajstić information content (AvgIpc) is 3.44. The lowest BCUT2D eigenvalue weighted by atomic mass is 9.85. The SMILES string of the molecule is Cc1ccc(NC(=O)c2cccc(C(C)(C)C#N)c2)cc1Nc1ncnc2ccc(NC3CCOC3)nc12. The Bertz CT molecular complexity index is 1540. The topological polar surface area (TPSA) is 125 Å². The van der Waals surface area contributed by atoms with Crippen molar-refractivity contribution in [2.45, 2.75) is 38.6 Å². The van der Waals surface area contributed by atoms with Gasteiger partial charge in [-0.15, -0.1) is 0 Å². The first-order chi connectivity index (χ1) is 18.3. The molecule has 0 radical (unpaired) electrons. The van der Waals surface area contributed by atoms with Gasteiger partial charge >= 0.3 is 0 Å². The van der Waals surface area contributed by atoms with Crippen LogP contribution in [0.5, 0.6) is 0 Å². The first kappa shape index (κ1) is 25.1. The van der Waals surface area contributed by atoms with Crippen molar-refractivity contribution < 1.29 is 9.53 Å². The Morgan fingerprint density at radius 3 is 2.79 bits per heavy atom. The fourth-order valence-electron chi connectivity index (χ4n) is 4.25. The molecule has 1 atom stereocenters. The fraction of sp³-hybridized carbons (Fsp3) is 0.276. The summed E-state index contributed by atoms with van der Waals surface area (Å²) in [7, 11) is 0. The molecule has 4 aromatic rings. The van der Waals surface area contributed by atoms with Crippen molar-refractivity contribution >= 4 is 40.0 Å². The number of nitrogens with one attached hydrogen (secondary N) is 3. The summed E-state index contributed by atoms with van der Waals surface area (Å²) in [5.41, 5.74) is 4.34. The van der Waals surface area contributed by atoms with Gasteiger partial charge in [-0.1, -0.05) is 18.2 Å². The monoisotopic (exact) mass is 507 g/mol. The zero-order valence-corrected chi connectivity index (χ0v) is 21.6. The molecule has 0 spiro atoms. The first-order valence-corrected chi connectivity index (χ1v) is 12.5. The molecular formula is C29H29N7O2. The highest BCUT2D eigenvalue weighted by Gasteiger charge is 2.21. The van der Waals surface area contributed by atoms with Crippen LogP contribution in [-0.4, -0.2) is 40.1 Å². The van der Waals surface area contributed by atoms with E-state index in [-0.39, 0.29) is 11.9 Å². The highest BCUT2D eigenvalue weighted by molar-refractivity contribution is 6.04. The van der Waals surface area contributed by atoms with E-state index < -0.39 is 5.41 Å². The van der Waals surface area contributed by atoms with E-state index in [0.29, 0.717) is 29.2 Å². The van der Waals surface area contributed by atoms with Crippen molar-refractivity contribution in [2.24, 2.45) is 0 Å². The summed E-state index contributed by atoms with van der Waals surface area (Å²) >= 11 is 0. The molecule has 1 unspecified atom stereocenters. The highest BCUT2D eigenvalue weighted by atomic mass is 16.5. The van der Waals surface area contributed by atoms with Crippen molar-refractivity contribution in [1.29, 1.82) is 5.26 Å². The third kappa shape index (κ3) is 5.41. The molecule has 1 amide bonds. The van der Waals surface area contributed by atoms with Crippen LogP contribution in [-0.2, 0) is 10.2 Å². The highest BCUT2D eigenvalue weighted by Crippen LogP contribution is 2.28. The number of anilines is 4. The largest absolute Gasteiger partial charge is 0.379 e. The van der Waals surface area contributed by atoms with Gasteiger partial charge in [0.05, 0.1) is 29.6 Å². The number of benzene rings is 2. The van der Waals surface area contributed by atoms with E-state index in [1.54, 1.807) is 18.2 Å². The molecule has 1 saturated heterocycles. The maximum absolute atomic E-state index is 13.0. The van der Waals surface area contributed by atoms with E-state index in [4.69, 9.17) is 9.72 Å². The summed E-state index contributed by atoms with van der Waals surface area (Å²) in [4.78, 5) is 26.6. The quantitative estimate of drug-likeness (QED) is 0.306. The summed E-state index contributed by atoms with van der Waals surface area (Å²) < 4.78 is 5.46. The van der Waals surface area contributed by atoms with Crippen LogP contribution in [0.2, 0.25) is 0 Å². The summed E-state index contributed by atoms with van der Waals surface area (Å²) in [6, 6.07) is 19.1. The number of rotatable bonds is 7. The molecule has 0 aliphatic carbocycles. The summed E-state index contributed by atoms with van der Waals surface area (Å²) in [5.74, 6) is 1.06. The number of nitrogens with zero attached hydrogens (tertiary/aromatic N) is 4. The molecule has 9 nitrogen and oxygen atoms in total. The van der Waals surface area contributed by atoms with E-state index in [9.17, 15) is 10.1 Å². The molecule has 3 heterocycles. The smallest absolute Gasteiger partial charge is 0.255 e. The Labute approximate surface area is 221 Å². The number of fused-ring (bicyclic) bond motifs is 1. The Hall–Kier alpha value is -4.55. The molecule has 5 rings (SSSR count). The second kappa shape index (κ2) is 10.4. The van der Waals surface area contributed by atoms with Crippen molar-refractivity contribution in [3.8, 4) is 6.07 Å². The lowest BCUT2D eigenvalue weighted by molar-refractivity contribution is 0.102. The van der Waals surface area contributed by atoms with Crippen LogP contribution in [0, 0.1) is 18.3 Å². The second-order valence-electron chi connectivity index (χ2n) is 9.92. The minimum atomic E-state index is -0.689. The first-order valence-electron chi connectivity index (χ1n) is 12.5. The van der Waals surface area contributed by atoms with Crippen LogP contribution in [0.1, 0.15) is 41.8 Å². The van der Waals surface area contributed by atoms with Gasteiger partial charge < -0.3 is 20.7 Å². The zero-order chi connectivity index (χ0) is 26.7. The van der Waals surface area contributed by atoms with Gasteiger partial charge in [-0.25, -0.2) is 15.0 Å². The zero-order valence-electron chi connectivity index (χ0n) is 21.6. The van der Waals surface area contributed by atoms with Gasteiger partial charge in [-0.05, 0) is 74.7 Å². The van der Waals surface area contributed by atoms with Crippen molar-refractivity contribution in [3.05, 3.63) is 77.6 Å². The number of carbonyl (C=O) groups excluding carboxylic acids is 1. The molecule has 2 aromatic carbocycles. The van der Waals surface area contributed by atoms with Gasteiger partial charge in [-0.2, -0.15) is 5.26 Å². The lowest BCUT2D eigenvalue weighted by Crippen LogP contribution is -2.19. The Kier molecular flexibility index (Phi) is 6.90. The van der Waals surface area contributed by atoms with Crippen LogP contribution >= 0.6 is 0 Å². The van der Waals surface area contributed by atoms with Crippen molar-refractivity contribution in [2.75, 3.05) is 29.2 Å². The minimum absolute atomic E-state index is 0.232. The molecule has 1 fully saturated rings. The molecule has 2 aromatic heterocycles. The van der Waals surface area contributed by atoms with E-state index in [1.807, 2.05) is 57.2 Å². The van der Waals surface area contributed by atoms with Gasteiger partial charge in [0.2, 0.25) is 0 Å². The van der Waals surface area contributed by atoms with E-state index in [1.165, 1.54) is 6.33 Å². The number of aromatic nitrogens is 3. The number of hydrogen-bond acceptors (Lipinski definition) is 8. The molecule has 192 valence electrons. The van der Waals surface area contributed by atoms with E-state index >= 15 is 0 Å². The maximum atomic E-state index is 13.0.